The van der Waals surface area contributed by atoms with E-state index in [-0.39, 0.29) is 5.91 Å². The van der Waals surface area contributed by atoms with Crippen LogP contribution in [0.4, 0.5) is 0 Å². The second-order valence-electron chi connectivity index (χ2n) is 4.63. The Labute approximate surface area is 97.4 Å². The minimum Gasteiger partial charge on any atom is -0.341 e. The summed E-state index contributed by atoms with van der Waals surface area (Å²) in [5.41, 5.74) is 2.43. The molecule has 1 heterocycles. The van der Waals surface area contributed by atoms with Gasteiger partial charge in [0.15, 0.2) is 0 Å². The average molecular weight is 266 g/mol. The van der Waals surface area contributed by atoms with Crippen LogP contribution in [0.2, 0.25) is 0 Å². The monoisotopic (exact) mass is 265 g/mol. The number of fused-ring (bicyclic) bond motifs is 2. The molecule has 1 saturated carbocycles. The molecule has 2 nitrogen and oxygen atoms in total. The van der Waals surface area contributed by atoms with Gasteiger partial charge in [-0.05, 0) is 30.5 Å². The number of hydrogen-bond donors (Lipinski definition) is 0. The normalized spacial score (nSPS) is 21.7. The fraction of sp³-hybridized carbons (Fsp3) is 0.417. The van der Waals surface area contributed by atoms with Crippen LogP contribution in [0.3, 0.4) is 0 Å². The molecule has 78 valence electrons. The van der Waals surface area contributed by atoms with Crippen molar-refractivity contribution in [3.05, 3.63) is 33.8 Å². The summed E-state index contributed by atoms with van der Waals surface area (Å²) in [5.74, 6) is 0.156. The molecule has 15 heavy (non-hydrogen) atoms. The largest absolute Gasteiger partial charge is 0.341 e. The lowest BCUT2D eigenvalue weighted by Gasteiger charge is -2.32. The number of nitrogens with zero attached hydrogens (tertiary/aromatic N) is 1. The highest BCUT2D eigenvalue weighted by atomic mass is 79.9. The van der Waals surface area contributed by atoms with E-state index >= 15 is 0 Å². The van der Waals surface area contributed by atoms with Crippen LogP contribution < -0.4 is 0 Å². The number of hydrogen-bond acceptors (Lipinski definition) is 1. The Morgan fingerprint density at radius 3 is 2.80 bits per heavy atom. The Bertz CT molecular complexity index is 451. The number of rotatable bonds is 0. The number of likely N-dealkylation sites (N-methyl/N-ethyl adjacent to an activating group) is 1. The number of halogens is 1. The summed E-state index contributed by atoms with van der Waals surface area (Å²) in [4.78, 5) is 13.8. The van der Waals surface area contributed by atoms with Crippen molar-refractivity contribution < 1.29 is 4.79 Å². The first-order chi connectivity index (χ1) is 7.12. The number of carbonyl (C=O) groups is 1. The van der Waals surface area contributed by atoms with E-state index in [4.69, 9.17) is 0 Å². The van der Waals surface area contributed by atoms with E-state index in [1.165, 1.54) is 18.4 Å². The van der Waals surface area contributed by atoms with E-state index in [9.17, 15) is 4.79 Å². The predicted molar refractivity (Wildman–Crippen MR) is 62.0 cm³/mol. The van der Waals surface area contributed by atoms with Crippen molar-refractivity contribution in [3.63, 3.8) is 0 Å². The second kappa shape index (κ2) is 2.85. The van der Waals surface area contributed by atoms with Gasteiger partial charge in [0.25, 0.3) is 5.91 Å². The van der Waals surface area contributed by atoms with Gasteiger partial charge in [-0.3, -0.25) is 4.79 Å². The highest BCUT2D eigenvalue weighted by Crippen LogP contribution is 2.52. The lowest BCUT2D eigenvalue weighted by atomic mass is 9.87. The Hall–Kier alpha value is -0.830. The third-order valence-corrected chi connectivity index (χ3v) is 4.02. The molecule has 2 aliphatic rings. The van der Waals surface area contributed by atoms with Crippen LogP contribution in [-0.2, 0) is 5.41 Å². The average Bonchev–Trinajstić information content (AvgIpc) is 2.95. The molecule has 0 N–H and O–H groups in total. The zero-order chi connectivity index (χ0) is 10.6. The van der Waals surface area contributed by atoms with Crippen molar-refractivity contribution in [3.8, 4) is 0 Å². The smallest absolute Gasteiger partial charge is 0.253 e. The van der Waals surface area contributed by atoms with Crippen LogP contribution >= 0.6 is 15.9 Å². The predicted octanol–water partition coefficient (Wildman–Crippen LogP) is 2.57. The summed E-state index contributed by atoms with van der Waals surface area (Å²) in [7, 11) is 1.90. The number of carbonyl (C=O) groups excluding carboxylic acids is 1. The quantitative estimate of drug-likeness (QED) is 0.706. The lowest BCUT2D eigenvalue weighted by Crippen LogP contribution is -2.40. The number of amides is 1. The van der Waals surface area contributed by atoms with Crippen LogP contribution in [-0.4, -0.2) is 24.4 Å². The van der Waals surface area contributed by atoms with Gasteiger partial charge in [0, 0.05) is 29.0 Å². The fourth-order valence-electron chi connectivity index (χ4n) is 2.55. The van der Waals surface area contributed by atoms with Crippen LogP contribution in [0, 0.1) is 0 Å². The van der Waals surface area contributed by atoms with Gasteiger partial charge in [-0.1, -0.05) is 22.0 Å². The third kappa shape index (κ3) is 1.26. The fourth-order valence-corrected chi connectivity index (χ4v) is 2.91. The molecule has 0 atom stereocenters. The molecule has 1 aliphatic heterocycles. The SMILES string of the molecule is CN1CC2(CC2)c2ccc(Br)cc2C1=O. The second-order valence-corrected chi connectivity index (χ2v) is 5.55. The van der Waals surface area contributed by atoms with Crippen LogP contribution in [0.5, 0.6) is 0 Å². The first kappa shape index (κ1) is 9.40. The van der Waals surface area contributed by atoms with Gasteiger partial charge in [-0.2, -0.15) is 0 Å². The Kier molecular flexibility index (Phi) is 1.78. The van der Waals surface area contributed by atoms with E-state index in [0.29, 0.717) is 5.41 Å². The van der Waals surface area contributed by atoms with Crippen molar-refractivity contribution >= 4 is 21.8 Å². The van der Waals surface area contributed by atoms with E-state index in [1.807, 2.05) is 24.1 Å². The Morgan fingerprint density at radius 1 is 1.40 bits per heavy atom. The van der Waals surface area contributed by atoms with Gasteiger partial charge in [-0.25, -0.2) is 0 Å². The molecular weight excluding hydrogens is 254 g/mol. The Balaban J connectivity index is 2.21. The summed E-state index contributed by atoms with van der Waals surface area (Å²) >= 11 is 3.43. The molecule has 0 bridgehead atoms. The van der Waals surface area contributed by atoms with Crippen LogP contribution in [0.1, 0.15) is 28.8 Å². The maximum absolute atomic E-state index is 12.0. The van der Waals surface area contributed by atoms with Crippen molar-refractivity contribution in [1.29, 1.82) is 0 Å². The first-order valence-corrected chi connectivity index (χ1v) is 5.97. The summed E-state index contributed by atoms with van der Waals surface area (Å²) in [6.07, 6.45) is 2.44. The van der Waals surface area contributed by atoms with Gasteiger partial charge in [0.1, 0.15) is 0 Å². The highest BCUT2D eigenvalue weighted by Gasteiger charge is 2.50. The summed E-state index contributed by atoms with van der Waals surface area (Å²) < 4.78 is 0.987. The third-order valence-electron chi connectivity index (χ3n) is 3.52. The number of benzene rings is 1. The standard InChI is InChI=1S/C12H12BrNO/c1-14-7-12(4-5-12)10-3-2-8(13)6-9(10)11(14)15/h2-3,6H,4-5,7H2,1H3. The highest BCUT2D eigenvalue weighted by molar-refractivity contribution is 9.10. The maximum Gasteiger partial charge on any atom is 0.253 e. The Morgan fingerprint density at radius 2 is 2.13 bits per heavy atom. The van der Waals surface area contributed by atoms with Crippen molar-refractivity contribution in [2.24, 2.45) is 0 Å². The molecule has 3 rings (SSSR count). The topological polar surface area (TPSA) is 20.3 Å². The van der Waals surface area contributed by atoms with Crippen molar-refractivity contribution in [2.75, 3.05) is 13.6 Å². The van der Waals surface area contributed by atoms with Crippen LogP contribution in [0.25, 0.3) is 0 Å². The molecule has 0 saturated heterocycles. The molecule has 1 aromatic carbocycles. The minimum absolute atomic E-state index is 0.156. The van der Waals surface area contributed by atoms with E-state index < -0.39 is 0 Å². The summed E-state index contributed by atoms with van der Waals surface area (Å²) in [6, 6.07) is 6.10. The minimum atomic E-state index is 0.156. The van der Waals surface area contributed by atoms with E-state index in [2.05, 4.69) is 22.0 Å². The van der Waals surface area contributed by atoms with E-state index in [0.717, 1.165) is 16.6 Å². The van der Waals surface area contributed by atoms with Gasteiger partial charge in [0.05, 0.1) is 0 Å². The van der Waals surface area contributed by atoms with Crippen molar-refractivity contribution in [1.82, 2.24) is 4.90 Å². The molecule has 0 radical (unpaired) electrons. The summed E-state index contributed by atoms with van der Waals surface area (Å²) in [6.45, 7) is 0.889. The maximum atomic E-state index is 12.0. The lowest BCUT2D eigenvalue weighted by molar-refractivity contribution is 0.0758. The van der Waals surface area contributed by atoms with Gasteiger partial charge >= 0.3 is 0 Å². The summed E-state index contributed by atoms with van der Waals surface area (Å²) in [5, 5.41) is 0. The molecule has 1 spiro atoms. The molecule has 0 aromatic heterocycles. The van der Waals surface area contributed by atoms with Gasteiger partial charge in [-0.15, -0.1) is 0 Å². The first-order valence-electron chi connectivity index (χ1n) is 5.18. The van der Waals surface area contributed by atoms with Crippen LogP contribution in [0.15, 0.2) is 22.7 Å². The molecule has 1 aromatic rings. The van der Waals surface area contributed by atoms with E-state index in [1.54, 1.807) is 0 Å². The van der Waals surface area contributed by atoms with Gasteiger partial charge in [0.2, 0.25) is 0 Å². The molecular formula is C12H12BrNO. The molecule has 1 fully saturated rings. The molecule has 3 heteroatoms. The van der Waals surface area contributed by atoms with Gasteiger partial charge < -0.3 is 4.90 Å². The molecule has 1 amide bonds. The van der Waals surface area contributed by atoms with Crippen molar-refractivity contribution in [2.45, 2.75) is 18.3 Å². The zero-order valence-electron chi connectivity index (χ0n) is 8.59. The molecule has 1 aliphatic carbocycles. The molecule has 0 unspecified atom stereocenters. The zero-order valence-corrected chi connectivity index (χ0v) is 10.2.